The fourth-order valence-electron chi connectivity index (χ4n) is 1.20. The van der Waals surface area contributed by atoms with Crippen LogP contribution in [0.25, 0.3) is 0 Å². The second kappa shape index (κ2) is 5.17. The standard InChI is InChI=1S/C8H17N5O2S/c1-13-6-7(9)8(12-13)10-4-3-5-11-16(2,14)15/h6,11H,3-5,9H2,1-2H3,(H,10,12). The summed E-state index contributed by atoms with van der Waals surface area (Å²) in [5.74, 6) is 0.627. The number of nitrogen functional groups attached to an aromatic ring is 1. The third kappa shape index (κ3) is 4.49. The maximum Gasteiger partial charge on any atom is 0.208 e. The molecular weight excluding hydrogens is 230 g/mol. The van der Waals surface area contributed by atoms with Crippen molar-refractivity contribution < 1.29 is 8.42 Å². The molecule has 0 aliphatic carbocycles. The second-order valence-corrected chi connectivity index (χ2v) is 5.39. The molecule has 0 bridgehead atoms. The van der Waals surface area contributed by atoms with E-state index in [9.17, 15) is 8.42 Å². The molecule has 8 heteroatoms. The van der Waals surface area contributed by atoms with Crippen LogP contribution in [0.2, 0.25) is 0 Å². The third-order valence-corrected chi connectivity index (χ3v) is 2.60. The lowest BCUT2D eigenvalue weighted by Crippen LogP contribution is -2.24. The van der Waals surface area contributed by atoms with E-state index in [0.29, 0.717) is 31.0 Å². The average Bonchev–Trinajstić information content (AvgIpc) is 2.42. The number of aromatic nitrogens is 2. The number of rotatable bonds is 6. The van der Waals surface area contributed by atoms with Gasteiger partial charge in [0, 0.05) is 26.3 Å². The van der Waals surface area contributed by atoms with Crippen molar-refractivity contribution in [1.82, 2.24) is 14.5 Å². The highest BCUT2D eigenvalue weighted by molar-refractivity contribution is 7.88. The van der Waals surface area contributed by atoms with Gasteiger partial charge < -0.3 is 11.1 Å². The third-order valence-electron chi connectivity index (χ3n) is 1.87. The summed E-state index contributed by atoms with van der Waals surface area (Å²) in [6, 6.07) is 0. The van der Waals surface area contributed by atoms with Gasteiger partial charge in [-0.1, -0.05) is 0 Å². The molecule has 0 aromatic carbocycles. The number of hydrogen-bond donors (Lipinski definition) is 3. The molecule has 1 heterocycles. The zero-order valence-corrected chi connectivity index (χ0v) is 10.2. The molecule has 4 N–H and O–H groups in total. The molecule has 0 fully saturated rings. The second-order valence-electron chi connectivity index (χ2n) is 3.55. The van der Waals surface area contributed by atoms with Crippen LogP contribution in [0.1, 0.15) is 6.42 Å². The molecule has 0 aliphatic rings. The molecule has 16 heavy (non-hydrogen) atoms. The van der Waals surface area contributed by atoms with E-state index >= 15 is 0 Å². The molecule has 0 aliphatic heterocycles. The minimum absolute atomic E-state index is 0.401. The first kappa shape index (κ1) is 12.8. The van der Waals surface area contributed by atoms with Gasteiger partial charge in [0.25, 0.3) is 0 Å². The average molecular weight is 247 g/mol. The Morgan fingerprint density at radius 2 is 2.19 bits per heavy atom. The smallest absolute Gasteiger partial charge is 0.208 e. The van der Waals surface area contributed by atoms with Crippen LogP contribution in [0, 0.1) is 0 Å². The lowest BCUT2D eigenvalue weighted by molar-refractivity contribution is 0.586. The summed E-state index contributed by atoms with van der Waals surface area (Å²) < 4.78 is 25.5. The van der Waals surface area contributed by atoms with Crippen molar-refractivity contribution >= 4 is 21.5 Å². The van der Waals surface area contributed by atoms with Gasteiger partial charge >= 0.3 is 0 Å². The van der Waals surface area contributed by atoms with Gasteiger partial charge in [0.15, 0.2) is 5.82 Å². The highest BCUT2D eigenvalue weighted by Crippen LogP contribution is 2.13. The molecule has 0 saturated carbocycles. The Morgan fingerprint density at radius 3 is 2.69 bits per heavy atom. The zero-order chi connectivity index (χ0) is 12.2. The minimum atomic E-state index is -3.10. The fourth-order valence-corrected chi connectivity index (χ4v) is 1.71. The summed E-state index contributed by atoms with van der Waals surface area (Å²) >= 11 is 0. The van der Waals surface area contributed by atoms with E-state index in [2.05, 4.69) is 15.1 Å². The number of aryl methyl sites for hydroxylation is 1. The summed E-state index contributed by atoms with van der Waals surface area (Å²) in [4.78, 5) is 0. The van der Waals surface area contributed by atoms with Gasteiger partial charge in [-0.3, -0.25) is 4.68 Å². The lowest BCUT2D eigenvalue weighted by atomic mass is 10.4. The van der Waals surface area contributed by atoms with Crippen molar-refractivity contribution in [3.8, 4) is 0 Å². The molecule has 7 nitrogen and oxygen atoms in total. The lowest BCUT2D eigenvalue weighted by Gasteiger charge is -2.04. The predicted octanol–water partition coefficient (Wildman–Crippen LogP) is -0.646. The summed E-state index contributed by atoms with van der Waals surface area (Å²) in [5.41, 5.74) is 6.25. The predicted molar refractivity (Wildman–Crippen MR) is 63.6 cm³/mol. The Bertz CT molecular complexity index is 439. The molecular formula is C8H17N5O2S. The summed E-state index contributed by atoms with van der Waals surface area (Å²) in [6.07, 6.45) is 3.51. The van der Waals surface area contributed by atoms with Gasteiger partial charge in [0.2, 0.25) is 10.0 Å². The molecule has 0 spiro atoms. The van der Waals surface area contributed by atoms with Crippen LogP contribution >= 0.6 is 0 Å². The first-order valence-electron chi connectivity index (χ1n) is 4.86. The molecule has 1 rings (SSSR count). The number of nitrogens with two attached hydrogens (primary N) is 1. The number of hydrogen-bond acceptors (Lipinski definition) is 5. The maximum absolute atomic E-state index is 10.8. The molecule has 0 saturated heterocycles. The Labute approximate surface area is 95.1 Å². The fraction of sp³-hybridized carbons (Fsp3) is 0.625. The largest absolute Gasteiger partial charge is 0.394 e. The summed E-state index contributed by atoms with van der Waals surface area (Å²) in [6.45, 7) is 1.02. The molecule has 0 atom stereocenters. The van der Waals surface area contributed by atoms with E-state index in [4.69, 9.17) is 5.73 Å². The molecule has 1 aromatic heterocycles. The highest BCUT2D eigenvalue weighted by Gasteiger charge is 2.03. The Hall–Kier alpha value is -1.28. The molecule has 1 aromatic rings. The normalized spacial score (nSPS) is 11.6. The quantitative estimate of drug-likeness (QED) is 0.580. The summed E-state index contributed by atoms with van der Waals surface area (Å²) in [5, 5.41) is 7.13. The van der Waals surface area contributed by atoms with Gasteiger partial charge in [-0.2, -0.15) is 5.10 Å². The van der Waals surface area contributed by atoms with Crippen LogP contribution in [0.4, 0.5) is 11.5 Å². The molecule has 0 unspecified atom stereocenters. The SMILES string of the molecule is Cn1cc(N)c(NCCCNS(C)(=O)=O)n1. The van der Waals surface area contributed by atoms with Crippen molar-refractivity contribution in [2.45, 2.75) is 6.42 Å². The molecule has 0 amide bonds. The topological polar surface area (TPSA) is 102 Å². The first-order valence-corrected chi connectivity index (χ1v) is 6.75. The van der Waals surface area contributed by atoms with E-state index < -0.39 is 10.0 Å². The van der Waals surface area contributed by atoms with Crippen LogP contribution in [-0.4, -0.2) is 37.5 Å². The van der Waals surface area contributed by atoms with Gasteiger partial charge in [-0.25, -0.2) is 13.1 Å². The van der Waals surface area contributed by atoms with Crippen LogP contribution in [0.5, 0.6) is 0 Å². The van der Waals surface area contributed by atoms with E-state index in [1.165, 1.54) is 0 Å². The van der Waals surface area contributed by atoms with Crippen LogP contribution in [-0.2, 0) is 17.1 Å². The van der Waals surface area contributed by atoms with Crippen molar-refractivity contribution in [3.63, 3.8) is 0 Å². The van der Waals surface area contributed by atoms with Crippen LogP contribution < -0.4 is 15.8 Å². The van der Waals surface area contributed by atoms with E-state index in [0.717, 1.165) is 6.26 Å². The monoisotopic (exact) mass is 247 g/mol. The van der Waals surface area contributed by atoms with Crippen molar-refractivity contribution in [3.05, 3.63) is 6.20 Å². The zero-order valence-electron chi connectivity index (χ0n) is 9.40. The van der Waals surface area contributed by atoms with Gasteiger partial charge in [-0.05, 0) is 6.42 Å². The Kier molecular flexibility index (Phi) is 4.13. The Balaban J connectivity index is 2.24. The number of sulfonamides is 1. The summed E-state index contributed by atoms with van der Waals surface area (Å²) in [7, 11) is -1.31. The van der Waals surface area contributed by atoms with Crippen LogP contribution in [0.3, 0.4) is 0 Å². The van der Waals surface area contributed by atoms with Crippen molar-refractivity contribution in [2.24, 2.45) is 7.05 Å². The first-order chi connectivity index (χ1) is 7.38. The number of nitrogens with zero attached hydrogens (tertiary/aromatic N) is 2. The van der Waals surface area contributed by atoms with E-state index in [-0.39, 0.29) is 0 Å². The van der Waals surface area contributed by atoms with Gasteiger partial charge in [0.1, 0.15) is 0 Å². The molecule has 92 valence electrons. The highest BCUT2D eigenvalue weighted by atomic mass is 32.2. The van der Waals surface area contributed by atoms with Crippen LogP contribution in [0.15, 0.2) is 6.20 Å². The Morgan fingerprint density at radius 1 is 1.50 bits per heavy atom. The van der Waals surface area contributed by atoms with E-state index in [1.807, 2.05) is 0 Å². The van der Waals surface area contributed by atoms with Crippen molar-refractivity contribution in [2.75, 3.05) is 30.4 Å². The van der Waals surface area contributed by atoms with Gasteiger partial charge in [0.05, 0.1) is 11.9 Å². The number of anilines is 2. The number of nitrogens with one attached hydrogen (secondary N) is 2. The minimum Gasteiger partial charge on any atom is -0.394 e. The van der Waals surface area contributed by atoms with Gasteiger partial charge in [-0.15, -0.1) is 0 Å². The van der Waals surface area contributed by atoms with E-state index in [1.54, 1.807) is 17.9 Å². The van der Waals surface area contributed by atoms with Crippen molar-refractivity contribution in [1.29, 1.82) is 0 Å². The molecule has 0 radical (unpaired) electrons. The maximum atomic E-state index is 10.8.